The zero-order valence-electron chi connectivity index (χ0n) is 10.7. The Morgan fingerprint density at radius 3 is 1.84 bits per heavy atom. The molecule has 3 rings (SSSR count). The lowest BCUT2D eigenvalue weighted by Crippen LogP contribution is -2.19. The highest BCUT2D eigenvalue weighted by Gasteiger charge is 2.32. The molecule has 0 amide bonds. The molecule has 1 saturated heterocycles. The van der Waals surface area contributed by atoms with Gasteiger partial charge < -0.3 is 4.74 Å². The maximum Gasteiger partial charge on any atom is 0.306 e. The Bertz CT molecular complexity index is 508. The van der Waals surface area contributed by atoms with Gasteiger partial charge in [-0.3, -0.25) is 4.79 Å². The van der Waals surface area contributed by atoms with Crippen molar-refractivity contribution in [1.29, 1.82) is 0 Å². The summed E-state index contributed by atoms with van der Waals surface area (Å²) in [5.74, 6) is 0.0516. The van der Waals surface area contributed by atoms with Gasteiger partial charge >= 0.3 is 5.97 Å². The molecule has 0 aromatic heterocycles. The molecule has 2 nitrogen and oxygen atoms in total. The SMILES string of the molecule is O=C1CCC(C(c2ccccc2)c2ccccc2)O1. The minimum Gasteiger partial charge on any atom is -0.461 e. The zero-order valence-corrected chi connectivity index (χ0v) is 10.7. The number of hydrogen-bond donors (Lipinski definition) is 0. The molecule has 1 fully saturated rings. The van der Waals surface area contributed by atoms with Crippen LogP contribution in [0.2, 0.25) is 0 Å². The van der Waals surface area contributed by atoms with Crippen molar-refractivity contribution in [3.8, 4) is 0 Å². The van der Waals surface area contributed by atoms with Crippen LogP contribution in [0.25, 0.3) is 0 Å². The van der Waals surface area contributed by atoms with Crippen molar-refractivity contribution in [3.63, 3.8) is 0 Å². The van der Waals surface area contributed by atoms with E-state index >= 15 is 0 Å². The maximum atomic E-state index is 11.4. The van der Waals surface area contributed by atoms with E-state index in [2.05, 4.69) is 24.3 Å². The Balaban J connectivity index is 1.99. The van der Waals surface area contributed by atoms with Crippen molar-refractivity contribution in [2.24, 2.45) is 0 Å². The number of benzene rings is 2. The summed E-state index contributed by atoms with van der Waals surface area (Å²) in [7, 11) is 0. The summed E-state index contributed by atoms with van der Waals surface area (Å²) in [4.78, 5) is 11.4. The standard InChI is InChI=1S/C17H16O2/c18-16-12-11-15(19-16)17(13-7-3-1-4-8-13)14-9-5-2-6-10-14/h1-10,15,17H,11-12H2. The number of hydrogen-bond acceptors (Lipinski definition) is 2. The van der Waals surface area contributed by atoms with Crippen LogP contribution in [0.1, 0.15) is 29.9 Å². The van der Waals surface area contributed by atoms with Crippen LogP contribution in [0.15, 0.2) is 60.7 Å². The summed E-state index contributed by atoms with van der Waals surface area (Å²) in [5.41, 5.74) is 2.40. The average molecular weight is 252 g/mol. The summed E-state index contributed by atoms with van der Waals surface area (Å²) < 4.78 is 5.49. The van der Waals surface area contributed by atoms with Crippen molar-refractivity contribution in [2.45, 2.75) is 24.9 Å². The van der Waals surface area contributed by atoms with Gasteiger partial charge in [-0.25, -0.2) is 0 Å². The number of rotatable bonds is 3. The van der Waals surface area contributed by atoms with E-state index in [4.69, 9.17) is 4.74 Å². The van der Waals surface area contributed by atoms with Gasteiger partial charge in [-0.05, 0) is 17.5 Å². The van der Waals surface area contributed by atoms with Gasteiger partial charge in [0.15, 0.2) is 0 Å². The van der Waals surface area contributed by atoms with Gasteiger partial charge in [0.1, 0.15) is 6.10 Å². The Kier molecular flexibility index (Phi) is 3.32. The van der Waals surface area contributed by atoms with Crippen molar-refractivity contribution in [3.05, 3.63) is 71.8 Å². The summed E-state index contributed by atoms with van der Waals surface area (Å²) in [6, 6.07) is 20.5. The molecule has 2 heteroatoms. The Labute approximate surface area is 113 Å². The van der Waals surface area contributed by atoms with E-state index in [1.807, 2.05) is 36.4 Å². The minimum absolute atomic E-state index is 0.0442. The van der Waals surface area contributed by atoms with Crippen molar-refractivity contribution >= 4 is 5.97 Å². The lowest BCUT2D eigenvalue weighted by Gasteiger charge is -2.23. The van der Waals surface area contributed by atoms with E-state index in [0.717, 1.165) is 6.42 Å². The number of esters is 1. The van der Waals surface area contributed by atoms with Gasteiger partial charge in [-0.15, -0.1) is 0 Å². The third-order valence-electron chi connectivity index (χ3n) is 3.60. The molecule has 0 bridgehead atoms. The largest absolute Gasteiger partial charge is 0.461 e. The summed E-state index contributed by atoms with van der Waals surface area (Å²) >= 11 is 0. The number of carbonyl (C=O) groups is 1. The lowest BCUT2D eigenvalue weighted by atomic mass is 9.85. The summed E-state index contributed by atoms with van der Waals surface area (Å²) in [6.07, 6.45) is 1.28. The molecule has 2 aromatic carbocycles. The van der Waals surface area contributed by atoms with Crippen LogP contribution >= 0.6 is 0 Å². The molecule has 0 saturated carbocycles. The molecule has 0 N–H and O–H groups in total. The smallest absolute Gasteiger partial charge is 0.306 e. The Morgan fingerprint density at radius 2 is 1.42 bits per heavy atom. The highest BCUT2D eigenvalue weighted by molar-refractivity contribution is 5.71. The minimum atomic E-state index is -0.0816. The molecule has 2 aromatic rings. The van der Waals surface area contributed by atoms with Crippen LogP contribution in [-0.2, 0) is 9.53 Å². The van der Waals surface area contributed by atoms with E-state index < -0.39 is 0 Å². The molecule has 0 aliphatic carbocycles. The highest BCUT2D eigenvalue weighted by atomic mass is 16.5. The second kappa shape index (κ2) is 5.27. The molecule has 0 spiro atoms. The van der Waals surface area contributed by atoms with Crippen LogP contribution in [0.3, 0.4) is 0 Å². The van der Waals surface area contributed by atoms with Crippen LogP contribution in [0.5, 0.6) is 0 Å². The first-order valence-corrected chi connectivity index (χ1v) is 6.64. The fourth-order valence-electron chi connectivity index (χ4n) is 2.72. The third kappa shape index (κ3) is 2.53. The quantitative estimate of drug-likeness (QED) is 0.781. The molecule has 1 aliphatic rings. The van der Waals surface area contributed by atoms with Crippen LogP contribution in [0, 0.1) is 0 Å². The molecule has 19 heavy (non-hydrogen) atoms. The molecular weight excluding hydrogens is 236 g/mol. The predicted molar refractivity (Wildman–Crippen MR) is 73.8 cm³/mol. The number of carbonyl (C=O) groups excluding carboxylic acids is 1. The third-order valence-corrected chi connectivity index (χ3v) is 3.60. The molecule has 0 radical (unpaired) electrons. The highest BCUT2D eigenvalue weighted by Crippen LogP contribution is 2.34. The number of ether oxygens (including phenoxy) is 1. The number of cyclic esters (lactones) is 1. The molecule has 1 atom stereocenters. The second-order valence-corrected chi connectivity index (χ2v) is 4.87. The van der Waals surface area contributed by atoms with Crippen molar-refractivity contribution in [2.75, 3.05) is 0 Å². The first kappa shape index (κ1) is 12.0. The maximum absolute atomic E-state index is 11.4. The van der Waals surface area contributed by atoms with Crippen LogP contribution in [0.4, 0.5) is 0 Å². The first-order valence-electron chi connectivity index (χ1n) is 6.64. The fraction of sp³-hybridized carbons (Fsp3) is 0.235. The molecule has 1 unspecified atom stereocenters. The summed E-state index contributed by atoms with van der Waals surface area (Å²) in [6.45, 7) is 0. The lowest BCUT2D eigenvalue weighted by molar-refractivity contribution is -0.141. The van der Waals surface area contributed by atoms with Gasteiger partial charge in [0, 0.05) is 12.3 Å². The topological polar surface area (TPSA) is 26.3 Å². The zero-order chi connectivity index (χ0) is 13.1. The monoisotopic (exact) mass is 252 g/mol. The van der Waals surface area contributed by atoms with E-state index in [-0.39, 0.29) is 18.0 Å². The summed E-state index contributed by atoms with van der Waals surface area (Å²) in [5, 5.41) is 0. The van der Waals surface area contributed by atoms with Crippen molar-refractivity contribution in [1.82, 2.24) is 0 Å². The molecular formula is C17H16O2. The van der Waals surface area contributed by atoms with Crippen LogP contribution < -0.4 is 0 Å². The van der Waals surface area contributed by atoms with Gasteiger partial charge in [-0.1, -0.05) is 60.7 Å². The van der Waals surface area contributed by atoms with E-state index in [9.17, 15) is 4.79 Å². The van der Waals surface area contributed by atoms with Gasteiger partial charge in [0.25, 0.3) is 0 Å². The second-order valence-electron chi connectivity index (χ2n) is 4.87. The van der Waals surface area contributed by atoms with Gasteiger partial charge in [0.2, 0.25) is 0 Å². The van der Waals surface area contributed by atoms with E-state index in [0.29, 0.717) is 6.42 Å². The normalized spacial score (nSPS) is 18.6. The Morgan fingerprint density at radius 1 is 0.895 bits per heavy atom. The van der Waals surface area contributed by atoms with E-state index in [1.54, 1.807) is 0 Å². The van der Waals surface area contributed by atoms with Crippen LogP contribution in [-0.4, -0.2) is 12.1 Å². The van der Waals surface area contributed by atoms with Gasteiger partial charge in [0.05, 0.1) is 0 Å². The average Bonchev–Trinajstić information content (AvgIpc) is 2.88. The molecule has 1 aliphatic heterocycles. The van der Waals surface area contributed by atoms with Crippen molar-refractivity contribution < 1.29 is 9.53 Å². The van der Waals surface area contributed by atoms with E-state index in [1.165, 1.54) is 11.1 Å². The predicted octanol–water partition coefficient (Wildman–Crippen LogP) is 3.52. The molecule has 96 valence electrons. The first-order chi connectivity index (χ1) is 9.34. The Hall–Kier alpha value is -2.09. The van der Waals surface area contributed by atoms with Gasteiger partial charge in [-0.2, -0.15) is 0 Å². The molecule has 1 heterocycles. The fourth-order valence-corrected chi connectivity index (χ4v) is 2.72.